The topological polar surface area (TPSA) is 72.8 Å². The highest BCUT2D eigenvalue weighted by atomic mass is 16.6. The number of hydrogen-bond donors (Lipinski definition) is 1. The molecule has 0 fully saturated rings. The lowest BCUT2D eigenvalue weighted by molar-refractivity contribution is -0.162. The van der Waals surface area contributed by atoms with Crippen LogP contribution in [-0.2, 0) is 19.1 Å². The lowest BCUT2D eigenvalue weighted by Gasteiger charge is -2.06. The summed E-state index contributed by atoms with van der Waals surface area (Å²) in [5, 5.41) is 9.02. The molecule has 1 N–H and O–H groups in total. The van der Waals surface area contributed by atoms with Crippen LogP contribution >= 0.6 is 0 Å². The van der Waals surface area contributed by atoms with Gasteiger partial charge in [0.05, 0.1) is 6.61 Å². The summed E-state index contributed by atoms with van der Waals surface area (Å²) >= 11 is 0. The smallest absolute Gasteiger partial charge is 0.333 e. The van der Waals surface area contributed by atoms with E-state index in [0.29, 0.717) is 13.0 Å². The summed E-state index contributed by atoms with van der Waals surface area (Å²) in [6, 6.07) is 0. The highest BCUT2D eigenvalue weighted by Gasteiger charge is 2.06. The molecule has 5 heteroatoms. The number of carbonyl (C=O) groups excluding carboxylic acids is 2. The minimum Gasteiger partial charge on any atom is -0.463 e. The minimum absolute atomic E-state index is 0.307. The largest absolute Gasteiger partial charge is 0.463 e. The van der Waals surface area contributed by atoms with Crippen LogP contribution < -0.4 is 0 Å². The summed E-state index contributed by atoms with van der Waals surface area (Å²) in [6.45, 7) is 4.13. The van der Waals surface area contributed by atoms with Crippen LogP contribution in [0.3, 0.4) is 0 Å². The first-order valence-electron chi connectivity index (χ1n) is 6.33. The number of ether oxygens (including phenoxy) is 2. The van der Waals surface area contributed by atoms with Crippen LogP contribution in [0, 0.1) is 0 Å². The maximum Gasteiger partial charge on any atom is 0.333 e. The second kappa shape index (κ2) is 10.8. The van der Waals surface area contributed by atoms with Crippen molar-refractivity contribution in [2.24, 2.45) is 0 Å². The van der Waals surface area contributed by atoms with E-state index in [2.05, 4.69) is 11.7 Å². The van der Waals surface area contributed by atoms with Crippen molar-refractivity contribution in [1.29, 1.82) is 0 Å². The summed E-state index contributed by atoms with van der Waals surface area (Å²) in [7, 11) is 0. The quantitative estimate of drug-likeness (QED) is 0.296. The Morgan fingerprint density at radius 1 is 1.11 bits per heavy atom. The van der Waals surface area contributed by atoms with Gasteiger partial charge < -0.3 is 14.6 Å². The molecule has 0 radical (unpaired) electrons. The molecular formula is C13H22O5. The van der Waals surface area contributed by atoms with Gasteiger partial charge in [-0.2, -0.15) is 0 Å². The first-order chi connectivity index (χ1) is 8.60. The molecule has 0 aromatic rings. The molecule has 0 aliphatic carbocycles. The van der Waals surface area contributed by atoms with Crippen LogP contribution in [0.2, 0.25) is 0 Å². The molecule has 0 aliphatic rings. The number of aliphatic hydroxyl groups excluding tert-OH is 1. The molecule has 0 saturated carbocycles. The Kier molecular flexibility index (Phi) is 9.96. The van der Waals surface area contributed by atoms with E-state index in [1.165, 1.54) is 0 Å². The molecule has 0 aromatic heterocycles. The molecule has 1 unspecified atom stereocenters. The second-order valence-corrected chi connectivity index (χ2v) is 3.86. The van der Waals surface area contributed by atoms with Crippen molar-refractivity contribution >= 4 is 11.9 Å². The fourth-order valence-electron chi connectivity index (χ4n) is 1.14. The van der Waals surface area contributed by atoms with Crippen LogP contribution in [0.25, 0.3) is 0 Å². The number of esters is 2. The van der Waals surface area contributed by atoms with Crippen molar-refractivity contribution in [2.45, 2.75) is 52.2 Å². The van der Waals surface area contributed by atoms with Crippen molar-refractivity contribution in [1.82, 2.24) is 0 Å². The maximum atomic E-state index is 11.2. The lowest BCUT2D eigenvalue weighted by Crippen LogP contribution is -2.15. The van der Waals surface area contributed by atoms with Gasteiger partial charge >= 0.3 is 11.9 Å². The van der Waals surface area contributed by atoms with E-state index < -0.39 is 18.2 Å². The monoisotopic (exact) mass is 258 g/mol. The maximum absolute atomic E-state index is 11.2. The third-order valence-corrected chi connectivity index (χ3v) is 2.20. The minimum atomic E-state index is -1.13. The molecule has 18 heavy (non-hydrogen) atoms. The highest BCUT2D eigenvalue weighted by molar-refractivity contribution is 5.91. The van der Waals surface area contributed by atoms with E-state index >= 15 is 0 Å². The van der Waals surface area contributed by atoms with Gasteiger partial charge in [-0.1, -0.05) is 33.1 Å². The van der Waals surface area contributed by atoms with Gasteiger partial charge in [0, 0.05) is 18.6 Å². The van der Waals surface area contributed by atoms with Gasteiger partial charge in [0.2, 0.25) is 6.29 Å². The average molecular weight is 258 g/mol. The number of rotatable bonds is 9. The molecule has 0 heterocycles. The molecule has 0 spiro atoms. The first kappa shape index (κ1) is 16.6. The first-order valence-corrected chi connectivity index (χ1v) is 6.33. The summed E-state index contributed by atoms with van der Waals surface area (Å²) in [6.07, 6.45) is 5.23. The lowest BCUT2D eigenvalue weighted by atomic mass is 10.2. The van der Waals surface area contributed by atoms with Crippen LogP contribution in [0.5, 0.6) is 0 Å². The number of unbranched alkanes of at least 4 members (excludes halogenated alkanes) is 3. The molecule has 0 aromatic carbocycles. The van der Waals surface area contributed by atoms with Gasteiger partial charge in [-0.15, -0.1) is 0 Å². The summed E-state index contributed by atoms with van der Waals surface area (Å²) < 4.78 is 9.40. The van der Waals surface area contributed by atoms with Gasteiger partial charge in [0.25, 0.3) is 0 Å². The standard InChI is InChI=1S/C13H22O5/c1-3-5-6-7-10-17-12(15)8-9-13(16)18-11(14)4-2/h8-9,11,14H,3-7,10H2,1-2H3. The third-order valence-electron chi connectivity index (χ3n) is 2.20. The van der Waals surface area contributed by atoms with Crippen LogP contribution in [-0.4, -0.2) is 29.9 Å². The van der Waals surface area contributed by atoms with Crippen molar-refractivity contribution in [3.63, 3.8) is 0 Å². The predicted octanol–water partition coefficient (Wildman–Crippen LogP) is 1.94. The molecule has 0 bridgehead atoms. The summed E-state index contributed by atoms with van der Waals surface area (Å²) in [5.41, 5.74) is 0. The van der Waals surface area contributed by atoms with Gasteiger partial charge in [0.15, 0.2) is 0 Å². The van der Waals surface area contributed by atoms with Gasteiger partial charge in [0.1, 0.15) is 0 Å². The van der Waals surface area contributed by atoms with Crippen LogP contribution in [0.4, 0.5) is 0 Å². The number of carbonyl (C=O) groups is 2. The van der Waals surface area contributed by atoms with Gasteiger partial charge in [-0.25, -0.2) is 9.59 Å². The molecule has 5 nitrogen and oxygen atoms in total. The third kappa shape index (κ3) is 9.84. The van der Waals surface area contributed by atoms with E-state index in [9.17, 15) is 9.59 Å². The van der Waals surface area contributed by atoms with Crippen molar-refractivity contribution in [3.05, 3.63) is 12.2 Å². The zero-order valence-electron chi connectivity index (χ0n) is 11.1. The molecule has 0 aliphatic heterocycles. The molecular weight excluding hydrogens is 236 g/mol. The SMILES string of the molecule is CCCCCCOC(=O)C=CC(=O)OC(O)CC. The molecule has 104 valence electrons. The Balaban J connectivity index is 3.69. The van der Waals surface area contributed by atoms with E-state index in [-0.39, 0.29) is 0 Å². The van der Waals surface area contributed by atoms with Crippen LogP contribution in [0.15, 0.2) is 12.2 Å². The second-order valence-electron chi connectivity index (χ2n) is 3.86. The van der Waals surface area contributed by atoms with Crippen molar-refractivity contribution < 1.29 is 24.2 Å². The van der Waals surface area contributed by atoms with Crippen molar-refractivity contribution in [3.8, 4) is 0 Å². The van der Waals surface area contributed by atoms with Gasteiger partial charge in [-0.05, 0) is 6.42 Å². The molecule has 0 rings (SSSR count). The van der Waals surface area contributed by atoms with E-state index in [4.69, 9.17) is 9.84 Å². The number of hydrogen-bond acceptors (Lipinski definition) is 5. The Labute approximate surface area is 108 Å². The average Bonchev–Trinajstić information content (AvgIpc) is 2.36. The fourth-order valence-corrected chi connectivity index (χ4v) is 1.14. The highest BCUT2D eigenvalue weighted by Crippen LogP contribution is 1.99. The Bertz CT molecular complexity index is 273. The molecule has 1 atom stereocenters. The zero-order chi connectivity index (χ0) is 13.8. The normalized spacial score (nSPS) is 12.4. The van der Waals surface area contributed by atoms with Crippen LogP contribution in [0.1, 0.15) is 46.0 Å². The van der Waals surface area contributed by atoms with E-state index in [1.807, 2.05) is 0 Å². The Morgan fingerprint density at radius 3 is 2.39 bits per heavy atom. The summed E-state index contributed by atoms with van der Waals surface area (Å²) in [5.74, 6) is -1.33. The fraction of sp³-hybridized carbons (Fsp3) is 0.692. The van der Waals surface area contributed by atoms with Gasteiger partial charge in [-0.3, -0.25) is 0 Å². The Morgan fingerprint density at radius 2 is 1.78 bits per heavy atom. The Hall–Kier alpha value is -1.36. The van der Waals surface area contributed by atoms with E-state index in [0.717, 1.165) is 37.8 Å². The zero-order valence-corrected chi connectivity index (χ0v) is 11.1. The number of aliphatic hydroxyl groups is 1. The summed E-state index contributed by atoms with van der Waals surface area (Å²) in [4.78, 5) is 22.2. The van der Waals surface area contributed by atoms with E-state index in [1.54, 1.807) is 6.92 Å². The predicted molar refractivity (Wildman–Crippen MR) is 66.6 cm³/mol. The molecule has 0 amide bonds. The van der Waals surface area contributed by atoms with Crippen molar-refractivity contribution in [2.75, 3.05) is 6.61 Å². The molecule has 0 saturated heterocycles.